The molecule has 3 heteroatoms. The van der Waals surface area contributed by atoms with E-state index in [-0.39, 0.29) is 21.1 Å². The van der Waals surface area contributed by atoms with Crippen LogP contribution in [0.1, 0.15) is 44.8 Å². The summed E-state index contributed by atoms with van der Waals surface area (Å²) in [6.07, 6.45) is 0. The van der Waals surface area contributed by atoms with Crippen molar-refractivity contribution in [1.82, 2.24) is 9.97 Å². The molecule has 51 heavy (non-hydrogen) atoms. The molecule has 0 spiro atoms. The third-order valence-electron chi connectivity index (χ3n) is 10.1. The van der Waals surface area contributed by atoms with E-state index in [4.69, 9.17) is 9.97 Å². The largest absolute Gasteiger partial charge is 2.00 e. The van der Waals surface area contributed by atoms with Gasteiger partial charge in [0, 0.05) is 0 Å². The molecule has 0 unspecified atom stereocenters. The van der Waals surface area contributed by atoms with Gasteiger partial charge in [0.25, 0.3) is 0 Å². The number of pyridine rings is 2. The fourth-order valence-electron chi connectivity index (χ4n) is 8.10. The zero-order valence-electron chi connectivity index (χ0n) is 27.7. The van der Waals surface area contributed by atoms with Crippen LogP contribution in [0.5, 0.6) is 0 Å². The van der Waals surface area contributed by atoms with Gasteiger partial charge in [0.1, 0.15) is 5.41 Å². The van der Waals surface area contributed by atoms with E-state index in [9.17, 15) is 0 Å². The van der Waals surface area contributed by atoms with Crippen LogP contribution >= 0.6 is 0 Å². The Labute approximate surface area is 313 Å². The Morgan fingerprint density at radius 2 is 0.706 bits per heavy atom. The maximum Gasteiger partial charge on any atom is 2.00 e. The van der Waals surface area contributed by atoms with Gasteiger partial charge in [-0.15, -0.1) is 71.8 Å². The van der Waals surface area contributed by atoms with E-state index in [0.29, 0.717) is 0 Å². The van der Waals surface area contributed by atoms with E-state index in [0.717, 1.165) is 45.0 Å². The van der Waals surface area contributed by atoms with Crippen LogP contribution in [0.25, 0.3) is 22.5 Å². The number of rotatable bonds is 6. The molecule has 9 rings (SSSR count). The van der Waals surface area contributed by atoms with Gasteiger partial charge in [-0.25, -0.2) is 0 Å². The van der Waals surface area contributed by atoms with Crippen LogP contribution < -0.4 is 0 Å². The molecular formula is C48H32N2Pt. The van der Waals surface area contributed by atoms with Crippen LogP contribution in [-0.4, -0.2) is 9.97 Å². The minimum absolute atomic E-state index is 0. The maximum atomic E-state index is 5.53. The van der Waals surface area contributed by atoms with Crippen LogP contribution in [0, 0.1) is 12.1 Å². The first-order valence-corrected chi connectivity index (χ1v) is 17.0. The molecule has 2 aromatic heterocycles. The van der Waals surface area contributed by atoms with Crippen molar-refractivity contribution in [1.29, 1.82) is 0 Å². The summed E-state index contributed by atoms with van der Waals surface area (Å²) in [5.41, 5.74) is 11.1. The molecule has 244 valence electrons. The predicted octanol–water partition coefficient (Wildman–Crippen LogP) is 10.5. The Morgan fingerprint density at radius 3 is 1.10 bits per heavy atom. The van der Waals surface area contributed by atoms with Crippen LogP contribution in [0.3, 0.4) is 0 Å². The average Bonchev–Trinajstić information content (AvgIpc) is 3.21. The fourth-order valence-corrected chi connectivity index (χ4v) is 8.10. The first-order valence-electron chi connectivity index (χ1n) is 17.0. The molecule has 0 fully saturated rings. The third kappa shape index (κ3) is 5.13. The molecule has 1 aliphatic rings. The topological polar surface area (TPSA) is 25.8 Å². The number of hydrogen-bond donors (Lipinski definition) is 0. The van der Waals surface area contributed by atoms with Crippen molar-refractivity contribution < 1.29 is 21.1 Å². The van der Waals surface area contributed by atoms with Crippen molar-refractivity contribution in [3.8, 4) is 22.5 Å². The molecular weight excluding hydrogens is 800 g/mol. The van der Waals surface area contributed by atoms with E-state index in [2.05, 4.69) is 170 Å². The first kappa shape index (κ1) is 32.5. The summed E-state index contributed by atoms with van der Waals surface area (Å²) in [4.78, 5) is 11.1. The normalized spacial score (nSPS) is 13.6. The van der Waals surface area contributed by atoms with Gasteiger partial charge in [0.2, 0.25) is 0 Å². The van der Waals surface area contributed by atoms with Gasteiger partial charge in [0.15, 0.2) is 0 Å². The van der Waals surface area contributed by atoms with Gasteiger partial charge >= 0.3 is 21.1 Å². The molecule has 0 N–H and O–H groups in total. The Hall–Kier alpha value is -5.69. The predicted molar refractivity (Wildman–Crippen MR) is 201 cm³/mol. The summed E-state index contributed by atoms with van der Waals surface area (Å²) >= 11 is 0. The van der Waals surface area contributed by atoms with Crippen LogP contribution in [0.4, 0.5) is 0 Å². The Morgan fingerprint density at radius 1 is 0.333 bits per heavy atom. The van der Waals surface area contributed by atoms with E-state index >= 15 is 0 Å². The van der Waals surface area contributed by atoms with Crippen LogP contribution in [-0.2, 0) is 31.9 Å². The Bertz CT molecular complexity index is 2250. The monoisotopic (exact) mass is 831 g/mol. The summed E-state index contributed by atoms with van der Waals surface area (Å²) in [5.74, 6) is 0. The zero-order chi connectivity index (χ0) is 33.4. The summed E-state index contributed by atoms with van der Waals surface area (Å²) in [5, 5.41) is 0. The number of nitrogens with zero attached hydrogens (tertiary/aromatic N) is 2. The number of benzene rings is 6. The molecule has 0 saturated carbocycles. The van der Waals surface area contributed by atoms with Crippen LogP contribution in [0.15, 0.2) is 194 Å². The standard InChI is InChI=1S/C48H32N2.Pt/c1-5-19-35(20-6-1)43-31-17-33-45(49-43)48(46-34-18-32-44(50-46)36-21-7-2-8-22-36)41-29-15-13-27-39(41)47(37-23-9-3-10-24-37,38-25-11-4-12-26-38)40-28-14-16-30-42(40)48;/h1-19,21,23-34H;/q-2;+2. The second-order valence-corrected chi connectivity index (χ2v) is 12.7. The molecule has 0 aliphatic heterocycles. The van der Waals surface area contributed by atoms with E-state index in [1.807, 2.05) is 36.4 Å². The molecule has 0 atom stereocenters. The second kappa shape index (κ2) is 13.6. The molecule has 0 amide bonds. The van der Waals surface area contributed by atoms with E-state index < -0.39 is 10.8 Å². The minimum Gasteiger partial charge on any atom is -0.300 e. The van der Waals surface area contributed by atoms with Crippen molar-refractivity contribution in [2.75, 3.05) is 0 Å². The third-order valence-corrected chi connectivity index (χ3v) is 10.1. The second-order valence-electron chi connectivity index (χ2n) is 12.7. The Balaban J connectivity index is 0.00000374. The molecule has 0 bridgehead atoms. The fraction of sp³-hybridized carbons (Fsp3) is 0.0417. The van der Waals surface area contributed by atoms with Crippen molar-refractivity contribution in [3.05, 3.63) is 251 Å². The van der Waals surface area contributed by atoms with Gasteiger partial charge in [0.05, 0.1) is 16.8 Å². The molecule has 2 nitrogen and oxygen atoms in total. The SMILES string of the molecule is [Pt+2].[c-]1ccccc1-c1cccc(C2(c3cccc(-c4[c-]cccc4)n3)c3ccccc3C(c3ccccc3)(c3ccccc3)c3ccccc32)n1. The van der Waals surface area contributed by atoms with Gasteiger partial charge in [-0.05, 0) is 56.9 Å². The molecule has 8 aromatic rings. The maximum absolute atomic E-state index is 5.53. The number of aromatic nitrogens is 2. The number of fused-ring (bicyclic) bond motifs is 2. The van der Waals surface area contributed by atoms with Crippen molar-refractivity contribution in [2.45, 2.75) is 10.8 Å². The van der Waals surface area contributed by atoms with E-state index in [1.165, 1.54) is 22.3 Å². The van der Waals surface area contributed by atoms with Crippen molar-refractivity contribution >= 4 is 0 Å². The van der Waals surface area contributed by atoms with Crippen LogP contribution in [0.2, 0.25) is 0 Å². The summed E-state index contributed by atoms with van der Waals surface area (Å²) in [6, 6.07) is 75.3. The molecule has 2 heterocycles. The van der Waals surface area contributed by atoms with Crippen molar-refractivity contribution in [3.63, 3.8) is 0 Å². The van der Waals surface area contributed by atoms with Gasteiger partial charge in [-0.2, -0.15) is 0 Å². The van der Waals surface area contributed by atoms with Gasteiger partial charge < -0.3 is 0 Å². The number of hydrogen-bond acceptors (Lipinski definition) is 2. The molecule has 1 aliphatic carbocycles. The van der Waals surface area contributed by atoms with E-state index in [1.54, 1.807) is 0 Å². The minimum atomic E-state index is -0.865. The van der Waals surface area contributed by atoms with Gasteiger partial charge in [-0.1, -0.05) is 133 Å². The average molecular weight is 832 g/mol. The molecule has 0 radical (unpaired) electrons. The van der Waals surface area contributed by atoms with Crippen molar-refractivity contribution in [2.24, 2.45) is 0 Å². The Kier molecular flexibility index (Phi) is 8.64. The quantitative estimate of drug-likeness (QED) is 0.156. The summed E-state index contributed by atoms with van der Waals surface area (Å²) in [7, 11) is 0. The summed E-state index contributed by atoms with van der Waals surface area (Å²) in [6.45, 7) is 0. The zero-order valence-corrected chi connectivity index (χ0v) is 30.0. The molecule has 0 saturated heterocycles. The first-order chi connectivity index (χ1) is 24.8. The van der Waals surface area contributed by atoms with Gasteiger partial charge in [-0.3, -0.25) is 9.97 Å². The molecule has 6 aromatic carbocycles. The summed E-state index contributed by atoms with van der Waals surface area (Å²) < 4.78 is 0. The smallest absolute Gasteiger partial charge is 0.300 e.